The van der Waals surface area contributed by atoms with Gasteiger partial charge >= 0.3 is 5.97 Å². The summed E-state index contributed by atoms with van der Waals surface area (Å²) in [6, 6.07) is 0. The van der Waals surface area contributed by atoms with Crippen molar-refractivity contribution in [2.75, 3.05) is 26.3 Å². The van der Waals surface area contributed by atoms with Crippen molar-refractivity contribution >= 4 is 24.4 Å². The minimum atomic E-state index is -1.60. The van der Waals surface area contributed by atoms with E-state index in [0.29, 0.717) is 0 Å². The van der Waals surface area contributed by atoms with Crippen LogP contribution >= 0.6 is 12.6 Å². The van der Waals surface area contributed by atoms with Gasteiger partial charge in [0.15, 0.2) is 5.50 Å². The summed E-state index contributed by atoms with van der Waals surface area (Å²) in [5, 5.41) is 36.3. The molecule has 1 aliphatic heterocycles. The van der Waals surface area contributed by atoms with Gasteiger partial charge in [-0.3, -0.25) is 4.79 Å². The minimum absolute atomic E-state index is 0.110. The Morgan fingerprint density at radius 1 is 1.28 bits per heavy atom. The highest BCUT2D eigenvalue weighted by Crippen LogP contribution is 2.20. The summed E-state index contributed by atoms with van der Waals surface area (Å²) in [6.45, 7) is -0.634. The highest BCUT2D eigenvalue weighted by Gasteiger charge is 2.32. The van der Waals surface area contributed by atoms with Crippen LogP contribution in [0.2, 0.25) is 0 Å². The number of carboxylic acids is 1. The lowest BCUT2D eigenvalue weighted by Crippen LogP contribution is -2.41. The Balaban J connectivity index is 2.59. The SMILES string of the molecule is O=C(O)C(=O)C(CO)CN1N=NN(CCO)C1S. The van der Waals surface area contributed by atoms with Crippen LogP contribution in [0.15, 0.2) is 10.4 Å². The van der Waals surface area contributed by atoms with Crippen molar-refractivity contribution in [1.82, 2.24) is 10.0 Å². The van der Waals surface area contributed by atoms with Crippen LogP contribution in [-0.4, -0.2) is 68.9 Å². The van der Waals surface area contributed by atoms with Crippen molar-refractivity contribution in [2.45, 2.75) is 5.50 Å². The first kappa shape index (κ1) is 14.7. The average Bonchev–Trinajstić information content (AvgIpc) is 2.68. The van der Waals surface area contributed by atoms with Crippen LogP contribution in [0.3, 0.4) is 0 Å². The van der Waals surface area contributed by atoms with Crippen LogP contribution in [0, 0.1) is 5.92 Å². The van der Waals surface area contributed by atoms with E-state index in [-0.39, 0.29) is 19.7 Å². The molecule has 3 N–H and O–H groups in total. The molecular formula is C8H14N4O5S. The van der Waals surface area contributed by atoms with E-state index in [4.69, 9.17) is 15.3 Å². The predicted octanol–water partition coefficient (Wildman–Crippen LogP) is -1.65. The first-order valence-electron chi connectivity index (χ1n) is 5.13. The van der Waals surface area contributed by atoms with Crippen molar-refractivity contribution in [3.05, 3.63) is 0 Å². The molecule has 0 amide bonds. The fourth-order valence-corrected chi connectivity index (χ4v) is 1.67. The molecule has 0 bridgehead atoms. The molecule has 0 aromatic rings. The second-order valence-electron chi connectivity index (χ2n) is 3.58. The molecule has 0 aliphatic carbocycles. The molecule has 10 heteroatoms. The van der Waals surface area contributed by atoms with Gasteiger partial charge in [-0.1, -0.05) is 10.4 Å². The molecular weight excluding hydrogens is 264 g/mol. The zero-order valence-corrected chi connectivity index (χ0v) is 10.3. The van der Waals surface area contributed by atoms with E-state index in [0.717, 1.165) is 0 Å². The molecule has 18 heavy (non-hydrogen) atoms. The maximum absolute atomic E-state index is 11.2. The van der Waals surface area contributed by atoms with Crippen molar-refractivity contribution in [3.8, 4) is 0 Å². The Morgan fingerprint density at radius 3 is 2.39 bits per heavy atom. The molecule has 0 fully saturated rings. The van der Waals surface area contributed by atoms with E-state index in [1.807, 2.05) is 0 Å². The summed E-state index contributed by atoms with van der Waals surface area (Å²) in [7, 11) is 0. The first-order chi connectivity index (χ1) is 8.51. The van der Waals surface area contributed by atoms with E-state index in [9.17, 15) is 9.59 Å². The number of ketones is 1. The highest BCUT2D eigenvalue weighted by atomic mass is 32.1. The van der Waals surface area contributed by atoms with Crippen LogP contribution in [-0.2, 0) is 9.59 Å². The van der Waals surface area contributed by atoms with E-state index < -0.39 is 29.8 Å². The topological polar surface area (TPSA) is 126 Å². The zero-order valence-electron chi connectivity index (χ0n) is 9.38. The quantitative estimate of drug-likeness (QED) is 0.325. The number of aliphatic carboxylic acids is 1. The number of thiol groups is 1. The van der Waals surface area contributed by atoms with Gasteiger partial charge in [-0.2, -0.15) is 0 Å². The maximum Gasteiger partial charge on any atom is 0.372 e. The van der Waals surface area contributed by atoms with Gasteiger partial charge in [0.05, 0.1) is 32.2 Å². The Hall–Kier alpha value is -1.39. The molecule has 2 unspecified atom stereocenters. The number of Topliss-reactive ketones (excluding diaryl/α,β-unsaturated/α-hetero) is 1. The number of aliphatic hydroxyl groups excluding tert-OH is 2. The van der Waals surface area contributed by atoms with E-state index >= 15 is 0 Å². The lowest BCUT2D eigenvalue weighted by atomic mass is 10.1. The Morgan fingerprint density at radius 2 is 1.89 bits per heavy atom. The molecule has 1 rings (SSSR count). The number of carbonyl (C=O) groups is 2. The number of rotatable bonds is 7. The lowest BCUT2D eigenvalue weighted by molar-refractivity contribution is -0.152. The second-order valence-corrected chi connectivity index (χ2v) is 4.04. The summed E-state index contributed by atoms with van der Waals surface area (Å²) in [4.78, 5) is 21.8. The number of aliphatic hydroxyl groups is 2. The monoisotopic (exact) mass is 278 g/mol. The first-order valence-corrected chi connectivity index (χ1v) is 5.64. The largest absolute Gasteiger partial charge is 0.475 e. The summed E-state index contributed by atoms with van der Waals surface area (Å²) in [5.74, 6) is -3.79. The smallest absolute Gasteiger partial charge is 0.372 e. The summed E-state index contributed by atoms with van der Waals surface area (Å²) in [6.07, 6.45) is 0. The Labute approximate surface area is 108 Å². The Kier molecular flexibility index (Phi) is 5.31. The standard InChI is InChI=1S/C8H14N4O5S/c13-2-1-11-8(18)12(10-9-11)3-5(4-14)6(15)7(16)17/h5,8,13-14,18H,1-4H2,(H,16,17). The number of nitrogens with zero attached hydrogens (tertiary/aromatic N) is 4. The third-order valence-electron chi connectivity index (χ3n) is 2.34. The predicted molar refractivity (Wildman–Crippen MR) is 61.3 cm³/mol. The number of hydrogen-bond donors (Lipinski definition) is 4. The second kappa shape index (κ2) is 6.52. The number of hydrogen-bond acceptors (Lipinski definition) is 9. The van der Waals surface area contributed by atoms with Gasteiger partial charge in [-0.15, -0.1) is 12.6 Å². The zero-order chi connectivity index (χ0) is 13.7. The normalized spacial score (nSPS) is 20.3. The summed E-state index contributed by atoms with van der Waals surface area (Å²) < 4.78 is 0. The van der Waals surface area contributed by atoms with Crippen LogP contribution in [0.5, 0.6) is 0 Å². The van der Waals surface area contributed by atoms with Gasteiger partial charge < -0.3 is 15.3 Å². The van der Waals surface area contributed by atoms with Crippen LogP contribution in [0.4, 0.5) is 0 Å². The number of carbonyl (C=O) groups excluding carboxylic acids is 1. The molecule has 2 atom stereocenters. The van der Waals surface area contributed by atoms with E-state index in [1.54, 1.807) is 0 Å². The minimum Gasteiger partial charge on any atom is -0.475 e. The van der Waals surface area contributed by atoms with E-state index in [1.165, 1.54) is 10.0 Å². The maximum atomic E-state index is 11.2. The summed E-state index contributed by atoms with van der Waals surface area (Å²) >= 11 is 4.16. The molecule has 9 nitrogen and oxygen atoms in total. The third-order valence-corrected chi connectivity index (χ3v) is 2.87. The molecule has 0 saturated carbocycles. The summed E-state index contributed by atoms with van der Waals surface area (Å²) in [5.41, 5.74) is -0.604. The molecule has 0 spiro atoms. The van der Waals surface area contributed by atoms with Crippen LogP contribution in [0.1, 0.15) is 0 Å². The van der Waals surface area contributed by atoms with Crippen LogP contribution < -0.4 is 0 Å². The third kappa shape index (κ3) is 3.31. The number of carboxylic acid groups (broad SMARTS) is 1. The van der Waals surface area contributed by atoms with Gasteiger partial charge in [0.25, 0.3) is 0 Å². The fourth-order valence-electron chi connectivity index (χ4n) is 1.37. The molecule has 0 radical (unpaired) electrons. The van der Waals surface area contributed by atoms with Gasteiger partial charge in [0.1, 0.15) is 0 Å². The van der Waals surface area contributed by atoms with Gasteiger partial charge in [0.2, 0.25) is 5.78 Å². The van der Waals surface area contributed by atoms with Crippen molar-refractivity contribution in [3.63, 3.8) is 0 Å². The number of β-amino-alcohol motifs (C(OH)–C–C–N with tert-alkyl or cyclic N) is 1. The van der Waals surface area contributed by atoms with Gasteiger partial charge in [-0.25, -0.2) is 14.8 Å². The Bertz CT molecular complexity index is 352. The van der Waals surface area contributed by atoms with Crippen LogP contribution in [0.25, 0.3) is 0 Å². The molecule has 1 aliphatic rings. The lowest BCUT2D eigenvalue weighted by Gasteiger charge is -2.25. The average molecular weight is 278 g/mol. The fraction of sp³-hybridized carbons (Fsp3) is 0.750. The van der Waals surface area contributed by atoms with Gasteiger partial charge in [0, 0.05) is 0 Å². The molecule has 102 valence electrons. The van der Waals surface area contributed by atoms with Crippen molar-refractivity contribution in [2.24, 2.45) is 16.4 Å². The molecule has 1 heterocycles. The molecule has 0 aromatic heterocycles. The molecule has 0 aromatic carbocycles. The van der Waals surface area contributed by atoms with Gasteiger partial charge in [-0.05, 0) is 0 Å². The highest BCUT2D eigenvalue weighted by molar-refractivity contribution is 7.80. The van der Waals surface area contributed by atoms with E-state index in [2.05, 4.69) is 23.1 Å². The van der Waals surface area contributed by atoms with Crippen molar-refractivity contribution < 1.29 is 24.9 Å². The van der Waals surface area contributed by atoms with Crippen molar-refractivity contribution in [1.29, 1.82) is 0 Å². The molecule has 0 saturated heterocycles.